The standard InChI is InChI=1S/C20H18N4OS/c1-13-6-5-7-15(10-13)24-14(2)22-23-20(24)26-12-19(25)17-11-21-18-9-4-3-8-16(17)18/h3-11,21H,12H2,1-2H3. The van der Waals surface area contributed by atoms with Gasteiger partial charge in [-0.15, -0.1) is 10.2 Å². The summed E-state index contributed by atoms with van der Waals surface area (Å²) in [6.45, 7) is 3.97. The van der Waals surface area contributed by atoms with E-state index in [2.05, 4.69) is 34.2 Å². The molecule has 4 aromatic rings. The van der Waals surface area contributed by atoms with Crippen molar-refractivity contribution in [1.82, 2.24) is 19.7 Å². The summed E-state index contributed by atoms with van der Waals surface area (Å²) in [5, 5.41) is 10.1. The second-order valence-corrected chi connectivity index (χ2v) is 7.11. The van der Waals surface area contributed by atoms with Crippen molar-refractivity contribution >= 4 is 28.4 Å². The summed E-state index contributed by atoms with van der Waals surface area (Å²) in [5.41, 5.74) is 3.86. The molecule has 0 atom stereocenters. The van der Waals surface area contributed by atoms with Crippen molar-refractivity contribution in [2.45, 2.75) is 19.0 Å². The van der Waals surface area contributed by atoms with Crippen molar-refractivity contribution in [3.05, 3.63) is 71.7 Å². The van der Waals surface area contributed by atoms with Crippen LogP contribution in [0, 0.1) is 13.8 Å². The van der Waals surface area contributed by atoms with Crippen molar-refractivity contribution in [2.75, 3.05) is 5.75 Å². The van der Waals surface area contributed by atoms with Gasteiger partial charge >= 0.3 is 0 Å². The van der Waals surface area contributed by atoms with E-state index in [-0.39, 0.29) is 5.78 Å². The minimum absolute atomic E-state index is 0.0731. The highest BCUT2D eigenvalue weighted by atomic mass is 32.2. The predicted octanol–water partition coefficient (Wildman–Crippen LogP) is 4.34. The van der Waals surface area contributed by atoms with Gasteiger partial charge < -0.3 is 4.98 Å². The number of thioether (sulfide) groups is 1. The first kappa shape index (κ1) is 16.6. The Bertz CT molecular complexity index is 1100. The number of aromatic nitrogens is 4. The van der Waals surface area contributed by atoms with Gasteiger partial charge in [-0.1, -0.05) is 42.1 Å². The first-order valence-corrected chi connectivity index (χ1v) is 9.33. The number of carbonyl (C=O) groups is 1. The summed E-state index contributed by atoms with van der Waals surface area (Å²) in [4.78, 5) is 15.9. The molecule has 0 bridgehead atoms. The highest BCUT2D eigenvalue weighted by Crippen LogP contribution is 2.25. The molecule has 0 amide bonds. The van der Waals surface area contributed by atoms with Gasteiger partial charge in [0.15, 0.2) is 10.9 Å². The van der Waals surface area contributed by atoms with Gasteiger partial charge in [0.05, 0.1) is 5.75 Å². The molecule has 0 aliphatic heterocycles. The SMILES string of the molecule is Cc1cccc(-n2c(C)nnc2SCC(=O)c2c[nH]c3ccccc23)c1. The van der Waals surface area contributed by atoms with Gasteiger partial charge in [-0.25, -0.2) is 0 Å². The third kappa shape index (κ3) is 3.04. The van der Waals surface area contributed by atoms with Crippen LogP contribution in [0.2, 0.25) is 0 Å². The van der Waals surface area contributed by atoms with Gasteiger partial charge in [0.25, 0.3) is 0 Å². The number of nitrogens with zero attached hydrogens (tertiary/aromatic N) is 3. The van der Waals surface area contributed by atoms with Gasteiger partial charge in [0.2, 0.25) is 0 Å². The summed E-state index contributed by atoms with van der Waals surface area (Å²) < 4.78 is 1.99. The molecule has 130 valence electrons. The van der Waals surface area contributed by atoms with Crippen molar-refractivity contribution in [3.8, 4) is 5.69 Å². The van der Waals surface area contributed by atoms with E-state index >= 15 is 0 Å². The second-order valence-electron chi connectivity index (χ2n) is 6.16. The number of aromatic amines is 1. The molecule has 0 spiro atoms. The third-order valence-electron chi connectivity index (χ3n) is 4.28. The molecule has 0 saturated heterocycles. The number of carbonyl (C=O) groups excluding carboxylic acids is 1. The van der Waals surface area contributed by atoms with Crippen LogP contribution in [0.5, 0.6) is 0 Å². The zero-order valence-electron chi connectivity index (χ0n) is 14.6. The topological polar surface area (TPSA) is 63.6 Å². The molecule has 1 N–H and O–H groups in total. The number of benzene rings is 2. The lowest BCUT2D eigenvalue weighted by atomic mass is 10.1. The fraction of sp³-hybridized carbons (Fsp3) is 0.150. The molecule has 0 aliphatic rings. The van der Waals surface area contributed by atoms with Crippen LogP contribution in [0.4, 0.5) is 0 Å². The van der Waals surface area contributed by atoms with E-state index < -0.39 is 0 Å². The molecular weight excluding hydrogens is 344 g/mol. The van der Waals surface area contributed by atoms with E-state index in [1.54, 1.807) is 6.20 Å². The summed E-state index contributed by atoms with van der Waals surface area (Å²) in [7, 11) is 0. The number of hydrogen-bond donors (Lipinski definition) is 1. The minimum atomic E-state index is 0.0731. The van der Waals surface area contributed by atoms with Crippen molar-refractivity contribution in [3.63, 3.8) is 0 Å². The van der Waals surface area contributed by atoms with E-state index in [1.165, 1.54) is 17.3 Å². The van der Waals surface area contributed by atoms with Crippen LogP contribution in [0.3, 0.4) is 0 Å². The average Bonchev–Trinajstić information content (AvgIpc) is 3.23. The van der Waals surface area contributed by atoms with E-state index in [1.807, 2.05) is 47.9 Å². The average molecular weight is 362 g/mol. The van der Waals surface area contributed by atoms with Crippen LogP contribution in [-0.2, 0) is 0 Å². The lowest BCUT2D eigenvalue weighted by Crippen LogP contribution is -2.04. The maximum atomic E-state index is 12.7. The van der Waals surface area contributed by atoms with Gasteiger partial charge in [0.1, 0.15) is 5.82 Å². The highest BCUT2D eigenvalue weighted by molar-refractivity contribution is 7.99. The maximum absolute atomic E-state index is 12.7. The van der Waals surface area contributed by atoms with Crippen molar-refractivity contribution in [1.29, 1.82) is 0 Å². The largest absolute Gasteiger partial charge is 0.360 e. The Morgan fingerprint density at radius 1 is 1.12 bits per heavy atom. The summed E-state index contributed by atoms with van der Waals surface area (Å²) in [6, 6.07) is 16.0. The zero-order valence-corrected chi connectivity index (χ0v) is 15.4. The number of aryl methyl sites for hydroxylation is 2. The number of rotatable bonds is 5. The Kier molecular flexibility index (Phi) is 4.34. The van der Waals surface area contributed by atoms with Crippen LogP contribution < -0.4 is 0 Å². The quantitative estimate of drug-likeness (QED) is 0.424. The number of ketones is 1. The molecule has 2 aromatic carbocycles. The molecule has 2 aromatic heterocycles. The Morgan fingerprint density at radius 3 is 2.81 bits per heavy atom. The van der Waals surface area contributed by atoms with Crippen LogP contribution in [0.25, 0.3) is 16.6 Å². The monoisotopic (exact) mass is 362 g/mol. The first-order valence-electron chi connectivity index (χ1n) is 8.34. The Balaban J connectivity index is 1.58. The van der Waals surface area contributed by atoms with Crippen LogP contribution in [0.15, 0.2) is 59.9 Å². The van der Waals surface area contributed by atoms with Gasteiger partial charge in [-0.3, -0.25) is 9.36 Å². The molecule has 5 nitrogen and oxygen atoms in total. The molecule has 4 rings (SSSR count). The minimum Gasteiger partial charge on any atom is -0.360 e. The lowest BCUT2D eigenvalue weighted by Gasteiger charge is -2.08. The number of fused-ring (bicyclic) bond motifs is 1. The molecular formula is C20H18N4OS. The molecule has 6 heteroatoms. The zero-order chi connectivity index (χ0) is 18.1. The molecule has 0 aliphatic carbocycles. The van der Waals surface area contributed by atoms with Crippen molar-refractivity contribution < 1.29 is 4.79 Å². The molecule has 0 fully saturated rings. The predicted molar refractivity (Wildman–Crippen MR) is 104 cm³/mol. The fourth-order valence-electron chi connectivity index (χ4n) is 3.01. The normalized spacial score (nSPS) is 11.2. The van der Waals surface area contributed by atoms with Crippen LogP contribution in [0.1, 0.15) is 21.7 Å². The summed E-state index contributed by atoms with van der Waals surface area (Å²) in [5.74, 6) is 1.19. The number of hydrogen-bond acceptors (Lipinski definition) is 4. The number of Topliss-reactive ketones (excluding diaryl/α,β-unsaturated/α-hetero) is 1. The molecule has 0 radical (unpaired) electrons. The number of nitrogens with one attached hydrogen (secondary N) is 1. The summed E-state index contributed by atoms with van der Waals surface area (Å²) in [6.07, 6.45) is 1.78. The number of H-pyrrole nitrogens is 1. The second kappa shape index (κ2) is 6.80. The van der Waals surface area contributed by atoms with E-state index in [0.29, 0.717) is 11.3 Å². The van der Waals surface area contributed by atoms with Crippen molar-refractivity contribution in [2.24, 2.45) is 0 Å². The first-order chi connectivity index (χ1) is 12.6. The van der Waals surface area contributed by atoms with E-state index in [0.717, 1.165) is 27.6 Å². The van der Waals surface area contributed by atoms with E-state index in [4.69, 9.17) is 0 Å². The van der Waals surface area contributed by atoms with Gasteiger partial charge in [-0.05, 0) is 37.6 Å². The van der Waals surface area contributed by atoms with Gasteiger partial charge in [-0.2, -0.15) is 0 Å². The maximum Gasteiger partial charge on any atom is 0.196 e. The highest BCUT2D eigenvalue weighted by Gasteiger charge is 2.16. The Hall–Kier alpha value is -2.86. The molecule has 2 heterocycles. The fourth-order valence-corrected chi connectivity index (χ4v) is 3.89. The third-order valence-corrected chi connectivity index (χ3v) is 5.21. The molecule has 0 saturated carbocycles. The van der Waals surface area contributed by atoms with E-state index in [9.17, 15) is 4.79 Å². The molecule has 26 heavy (non-hydrogen) atoms. The summed E-state index contributed by atoms with van der Waals surface area (Å²) >= 11 is 1.41. The Morgan fingerprint density at radius 2 is 1.96 bits per heavy atom. The van der Waals surface area contributed by atoms with Crippen LogP contribution >= 0.6 is 11.8 Å². The van der Waals surface area contributed by atoms with Crippen LogP contribution in [-0.4, -0.2) is 31.3 Å². The molecule has 0 unspecified atom stereocenters. The number of para-hydroxylation sites is 1. The lowest BCUT2D eigenvalue weighted by molar-refractivity contribution is 0.102. The Labute approximate surface area is 155 Å². The smallest absolute Gasteiger partial charge is 0.196 e. The van der Waals surface area contributed by atoms with Gasteiger partial charge in [0, 0.05) is 28.4 Å².